The molecule has 12 heavy (non-hydrogen) atoms. The van der Waals surface area contributed by atoms with Gasteiger partial charge in [-0.1, -0.05) is 0 Å². The van der Waals surface area contributed by atoms with Crippen molar-refractivity contribution in [2.24, 2.45) is 0 Å². The number of nitrogens with one attached hydrogen (secondary N) is 1. The Balaban J connectivity index is 3.90. The first-order valence-electron chi connectivity index (χ1n) is 3.17. The number of carboxylic acids is 1. The van der Waals surface area contributed by atoms with E-state index < -0.39 is 24.3 Å². The van der Waals surface area contributed by atoms with Gasteiger partial charge >= 0.3 is 5.97 Å². The summed E-state index contributed by atoms with van der Waals surface area (Å²) < 4.78 is 0. The van der Waals surface area contributed by atoms with Crippen LogP contribution in [0.3, 0.4) is 0 Å². The summed E-state index contributed by atoms with van der Waals surface area (Å²) in [6.45, 7) is 0. The second-order valence-corrected chi connectivity index (χ2v) is 2.38. The van der Waals surface area contributed by atoms with Crippen molar-refractivity contribution in [1.82, 2.24) is 5.32 Å². The lowest BCUT2D eigenvalue weighted by atomic mass is 10.2. The van der Waals surface area contributed by atoms with Crippen molar-refractivity contribution >= 4 is 30.8 Å². The van der Waals surface area contributed by atoms with E-state index >= 15 is 0 Å². The first-order valence-corrected chi connectivity index (χ1v) is 3.80. The molecule has 6 heteroatoms. The second-order valence-electron chi connectivity index (χ2n) is 2.07. The number of hydrogen-bond acceptors (Lipinski definition) is 4. The van der Waals surface area contributed by atoms with Crippen molar-refractivity contribution in [1.29, 1.82) is 0 Å². The number of carboxylic acid groups (broad SMARTS) is 1. The molecule has 0 fully saturated rings. The maximum Gasteiger partial charge on any atom is 0.305 e. The van der Waals surface area contributed by atoms with Gasteiger partial charge in [0, 0.05) is 0 Å². The highest BCUT2D eigenvalue weighted by Gasteiger charge is 2.13. The SMILES string of the molecule is O=CC(CC(=O)O)NC(=O)CS. The number of thiol groups is 1. The Morgan fingerprint density at radius 2 is 2.17 bits per heavy atom. The topological polar surface area (TPSA) is 83.5 Å². The molecule has 5 nitrogen and oxygen atoms in total. The third-order valence-corrected chi connectivity index (χ3v) is 1.34. The Labute approximate surface area is 74.5 Å². The van der Waals surface area contributed by atoms with E-state index in [-0.39, 0.29) is 5.75 Å². The Hall–Kier alpha value is -1.04. The lowest BCUT2D eigenvalue weighted by molar-refractivity contribution is -0.138. The van der Waals surface area contributed by atoms with Crippen LogP contribution < -0.4 is 5.32 Å². The first-order chi connectivity index (χ1) is 5.60. The lowest BCUT2D eigenvalue weighted by Gasteiger charge is -2.08. The molecule has 0 aromatic rings. The van der Waals surface area contributed by atoms with E-state index in [0.29, 0.717) is 6.29 Å². The number of carbonyl (C=O) groups is 3. The van der Waals surface area contributed by atoms with Crippen molar-refractivity contribution in [2.75, 3.05) is 5.75 Å². The molecule has 0 radical (unpaired) electrons. The van der Waals surface area contributed by atoms with E-state index in [1.807, 2.05) is 0 Å². The van der Waals surface area contributed by atoms with Crippen molar-refractivity contribution in [3.05, 3.63) is 0 Å². The summed E-state index contributed by atoms with van der Waals surface area (Å²) in [6.07, 6.45) is -0.0154. The van der Waals surface area contributed by atoms with Crippen LogP contribution in [0.5, 0.6) is 0 Å². The fourth-order valence-electron chi connectivity index (χ4n) is 0.574. The second kappa shape index (κ2) is 5.59. The highest BCUT2D eigenvalue weighted by molar-refractivity contribution is 7.81. The normalized spacial score (nSPS) is 11.8. The Kier molecular flexibility index (Phi) is 5.11. The average Bonchev–Trinajstić information content (AvgIpc) is 2.02. The summed E-state index contributed by atoms with van der Waals surface area (Å²) in [5.41, 5.74) is 0. The molecular formula is C6H9NO4S. The minimum atomic E-state index is -1.13. The number of carbonyl (C=O) groups excluding carboxylic acids is 2. The van der Waals surface area contributed by atoms with Gasteiger partial charge in [0.1, 0.15) is 6.29 Å². The quantitative estimate of drug-likeness (QED) is 0.387. The molecule has 0 aliphatic rings. The summed E-state index contributed by atoms with van der Waals surface area (Å²) in [5, 5.41) is 10.5. The molecule has 0 saturated heterocycles. The van der Waals surface area contributed by atoms with Crippen LogP contribution in [-0.2, 0) is 14.4 Å². The lowest BCUT2D eigenvalue weighted by Crippen LogP contribution is -2.38. The molecule has 1 unspecified atom stereocenters. The molecule has 0 rings (SSSR count). The van der Waals surface area contributed by atoms with Crippen LogP contribution >= 0.6 is 12.6 Å². The summed E-state index contributed by atoms with van der Waals surface area (Å²) in [5.74, 6) is -1.66. The molecule has 1 amide bonds. The number of rotatable bonds is 5. The highest BCUT2D eigenvalue weighted by Crippen LogP contribution is 1.88. The van der Waals surface area contributed by atoms with Gasteiger partial charge in [0.25, 0.3) is 0 Å². The molecule has 0 saturated carbocycles. The van der Waals surface area contributed by atoms with Crippen LogP contribution in [0.25, 0.3) is 0 Å². The molecule has 0 bridgehead atoms. The largest absolute Gasteiger partial charge is 0.481 e. The smallest absolute Gasteiger partial charge is 0.305 e. The fraction of sp³-hybridized carbons (Fsp3) is 0.500. The van der Waals surface area contributed by atoms with Gasteiger partial charge in [0.2, 0.25) is 5.91 Å². The van der Waals surface area contributed by atoms with Gasteiger partial charge in [0.05, 0.1) is 18.2 Å². The highest BCUT2D eigenvalue weighted by atomic mass is 32.1. The van der Waals surface area contributed by atoms with Crippen LogP contribution in [0, 0.1) is 0 Å². The molecule has 0 aromatic carbocycles. The third kappa shape index (κ3) is 4.73. The van der Waals surface area contributed by atoms with Crippen LogP contribution in [0.2, 0.25) is 0 Å². The van der Waals surface area contributed by atoms with E-state index in [1.165, 1.54) is 0 Å². The van der Waals surface area contributed by atoms with Crippen LogP contribution in [0.1, 0.15) is 6.42 Å². The number of hydrogen-bond donors (Lipinski definition) is 3. The van der Waals surface area contributed by atoms with Crippen LogP contribution in [0.4, 0.5) is 0 Å². The van der Waals surface area contributed by atoms with Crippen molar-refractivity contribution < 1.29 is 19.5 Å². The van der Waals surface area contributed by atoms with Gasteiger partial charge in [-0.25, -0.2) is 0 Å². The number of amides is 1. The summed E-state index contributed by atoms with van der Waals surface area (Å²) in [7, 11) is 0. The molecule has 0 heterocycles. The Morgan fingerprint density at radius 3 is 2.50 bits per heavy atom. The van der Waals surface area contributed by atoms with Gasteiger partial charge in [0.15, 0.2) is 0 Å². The molecule has 68 valence electrons. The fourth-order valence-corrected chi connectivity index (χ4v) is 0.665. The third-order valence-electron chi connectivity index (χ3n) is 1.05. The zero-order valence-electron chi connectivity index (χ0n) is 6.19. The summed E-state index contributed by atoms with van der Waals surface area (Å²) in [4.78, 5) is 30.9. The van der Waals surface area contributed by atoms with E-state index in [1.54, 1.807) is 0 Å². The summed E-state index contributed by atoms with van der Waals surface area (Å²) in [6, 6.07) is -0.956. The molecule has 0 aliphatic heterocycles. The number of aldehydes is 1. The minimum Gasteiger partial charge on any atom is -0.481 e. The van der Waals surface area contributed by atoms with Crippen molar-refractivity contribution in [3.8, 4) is 0 Å². The zero-order chi connectivity index (χ0) is 9.56. The zero-order valence-corrected chi connectivity index (χ0v) is 7.08. The van der Waals surface area contributed by atoms with Gasteiger partial charge < -0.3 is 15.2 Å². The van der Waals surface area contributed by atoms with Crippen molar-refractivity contribution in [2.45, 2.75) is 12.5 Å². The van der Waals surface area contributed by atoms with E-state index in [2.05, 4.69) is 17.9 Å². The van der Waals surface area contributed by atoms with Gasteiger partial charge in [-0.3, -0.25) is 9.59 Å². The van der Waals surface area contributed by atoms with E-state index in [0.717, 1.165) is 0 Å². The molecular weight excluding hydrogens is 182 g/mol. The van der Waals surface area contributed by atoms with Gasteiger partial charge in [-0.15, -0.1) is 0 Å². The van der Waals surface area contributed by atoms with Crippen LogP contribution in [-0.4, -0.2) is 35.1 Å². The molecule has 2 N–H and O–H groups in total. The monoisotopic (exact) mass is 191 g/mol. The standard InChI is InChI=1S/C6H9NO4S/c8-2-4(1-6(10)11)7-5(9)3-12/h2,4,12H,1,3H2,(H,7,9)(H,10,11). The first kappa shape index (κ1) is 11.0. The maximum absolute atomic E-state index is 10.6. The van der Waals surface area contributed by atoms with Crippen LogP contribution in [0.15, 0.2) is 0 Å². The molecule has 0 aliphatic carbocycles. The molecule has 1 atom stereocenters. The number of aliphatic carboxylic acids is 1. The minimum absolute atomic E-state index is 0.0655. The predicted molar refractivity (Wildman–Crippen MR) is 44.1 cm³/mol. The Bertz CT molecular complexity index is 194. The van der Waals surface area contributed by atoms with E-state index in [4.69, 9.17) is 5.11 Å². The Morgan fingerprint density at radius 1 is 1.58 bits per heavy atom. The summed E-state index contributed by atoms with van der Waals surface area (Å²) >= 11 is 3.64. The van der Waals surface area contributed by atoms with Gasteiger partial charge in [-0.2, -0.15) is 12.6 Å². The molecule has 0 spiro atoms. The average molecular weight is 191 g/mol. The van der Waals surface area contributed by atoms with Crippen molar-refractivity contribution in [3.63, 3.8) is 0 Å². The van der Waals surface area contributed by atoms with Gasteiger partial charge in [-0.05, 0) is 0 Å². The maximum atomic E-state index is 10.6. The van der Waals surface area contributed by atoms with E-state index in [9.17, 15) is 14.4 Å². The molecule has 0 aromatic heterocycles. The predicted octanol–water partition coefficient (Wildman–Crippen LogP) is -0.925.